The standard InChI is InChI=1S/C18H22ClN5O3/c1-27-9-7-20-17(25)16-12-24(22-21-16)15-6-3-8-23(11-15)18(26)13-4-2-5-14(19)10-13/h2,4-5,10,12,15H,3,6-9,11H2,1H3,(H,20,25)/t15-/m1/s1. The number of hydrogen-bond acceptors (Lipinski definition) is 5. The largest absolute Gasteiger partial charge is 0.383 e. The van der Waals surface area contributed by atoms with Gasteiger partial charge in [0.1, 0.15) is 0 Å². The number of methoxy groups -OCH3 is 1. The van der Waals surface area contributed by atoms with E-state index in [1.165, 1.54) is 0 Å². The average molecular weight is 392 g/mol. The van der Waals surface area contributed by atoms with Gasteiger partial charge < -0.3 is 15.0 Å². The zero-order chi connectivity index (χ0) is 19.2. The number of piperidine rings is 1. The fraction of sp³-hybridized carbons (Fsp3) is 0.444. The second-order valence-electron chi connectivity index (χ2n) is 6.39. The summed E-state index contributed by atoms with van der Waals surface area (Å²) in [4.78, 5) is 26.6. The number of hydrogen-bond donors (Lipinski definition) is 1. The van der Waals surface area contributed by atoms with Crippen LogP contribution in [0.3, 0.4) is 0 Å². The molecule has 3 rings (SSSR count). The van der Waals surface area contributed by atoms with Crippen molar-refractivity contribution in [2.45, 2.75) is 18.9 Å². The molecule has 1 aromatic carbocycles. The van der Waals surface area contributed by atoms with Crippen LogP contribution >= 0.6 is 11.6 Å². The van der Waals surface area contributed by atoms with E-state index < -0.39 is 0 Å². The van der Waals surface area contributed by atoms with Crippen molar-refractivity contribution in [3.05, 3.63) is 46.7 Å². The van der Waals surface area contributed by atoms with Gasteiger partial charge in [-0.25, -0.2) is 4.68 Å². The SMILES string of the molecule is COCCNC(=O)c1cn([C@@H]2CCCN(C(=O)c3cccc(Cl)c3)C2)nn1. The van der Waals surface area contributed by atoms with Gasteiger partial charge in [-0.15, -0.1) is 5.10 Å². The fourth-order valence-corrected chi connectivity index (χ4v) is 3.27. The molecule has 0 unspecified atom stereocenters. The zero-order valence-electron chi connectivity index (χ0n) is 15.1. The first-order chi connectivity index (χ1) is 13.1. The van der Waals surface area contributed by atoms with Crippen molar-refractivity contribution < 1.29 is 14.3 Å². The molecule has 9 heteroatoms. The van der Waals surface area contributed by atoms with E-state index in [9.17, 15) is 9.59 Å². The number of rotatable bonds is 6. The van der Waals surface area contributed by atoms with Crippen LogP contribution in [0.1, 0.15) is 39.7 Å². The smallest absolute Gasteiger partial charge is 0.273 e. The molecule has 8 nitrogen and oxygen atoms in total. The lowest BCUT2D eigenvalue weighted by Crippen LogP contribution is -2.40. The summed E-state index contributed by atoms with van der Waals surface area (Å²) in [5, 5.41) is 11.3. The van der Waals surface area contributed by atoms with E-state index in [1.54, 1.807) is 47.2 Å². The van der Waals surface area contributed by atoms with Crippen LogP contribution in [-0.4, -0.2) is 65.1 Å². The lowest BCUT2D eigenvalue weighted by atomic mass is 10.0. The lowest BCUT2D eigenvalue weighted by Gasteiger charge is -2.32. The van der Waals surface area contributed by atoms with E-state index in [0.717, 1.165) is 12.8 Å². The van der Waals surface area contributed by atoms with Crippen molar-refractivity contribution in [2.24, 2.45) is 0 Å². The summed E-state index contributed by atoms with van der Waals surface area (Å²) in [5.41, 5.74) is 0.823. The first kappa shape index (κ1) is 19.3. The van der Waals surface area contributed by atoms with Gasteiger partial charge in [0.15, 0.2) is 5.69 Å². The van der Waals surface area contributed by atoms with Gasteiger partial charge in [-0.1, -0.05) is 22.9 Å². The molecule has 1 aliphatic rings. The third kappa shape index (κ3) is 4.84. The van der Waals surface area contributed by atoms with E-state index in [1.807, 2.05) is 0 Å². The van der Waals surface area contributed by atoms with Gasteiger partial charge >= 0.3 is 0 Å². The number of ether oxygens (including phenoxy) is 1. The van der Waals surface area contributed by atoms with Crippen LogP contribution in [0.15, 0.2) is 30.5 Å². The van der Waals surface area contributed by atoms with Crippen molar-refractivity contribution in [2.75, 3.05) is 33.4 Å². The highest BCUT2D eigenvalue weighted by Crippen LogP contribution is 2.23. The predicted molar refractivity (Wildman–Crippen MR) is 99.9 cm³/mol. The lowest BCUT2D eigenvalue weighted by molar-refractivity contribution is 0.0671. The van der Waals surface area contributed by atoms with Crippen LogP contribution in [-0.2, 0) is 4.74 Å². The van der Waals surface area contributed by atoms with Gasteiger partial charge in [0, 0.05) is 37.3 Å². The highest BCUT2D eigenvalue weighted by Gasteiger charge is 2.27. The molecule has 2 amide bonds. The molecular weight excluding hydrogens is 370 g/mol. The minimum Gasteiger partial charge on any atom is -0.383 e. The van der Waals surface area contributed by atoms with E-state index in [2.05, 4.69) is 15.6 Å². The summed E-state index contributed by atoms with van der Waals surface area (Å²) in [6, 6.07) is 6.92. The fourth-order valence-electron chi connectivity index (χ4n) is 3.08. The number of benzene rings is 1. The molecule has 0 radical (unpaired) electrons. The Balaban J connectivity index is 1.64. The van der Waals surface area contributed by atoms with Crippen LogP contribution in [0, 0.1) is 0 Å². The molecule has 1 N–H and O–H groups in total. The van der Waals surface area contributed by atoms with Crippen LogP contribution in [0.5, 0.6) is 0 Å². The maximum atomic E-state index is 12.7. The topological polar surface area (TPSA) is 89.4 Å². The Bertz CT molecular complexity index is 810. The Morgan fingerprint density at radius 2 is 2.26 bits per heavy atom. The summed E-state index contributed by atoms with van der Waals surface area (Å²) < 4.78 is 6.57. The summed E-state index contributed by atoms with van der Waals surface area (Å²) in [6.45, 7) is 2.04. The number of nitrogens with one attached hydrogen (secondary N) is 1. The van der Waals surface area contributed by atoms with Crippen molar-refractivity contribution in [3.8, 4) is 0 Å². The number of carbonyl (C=O) groups excluding carboxylic acids is 2. The Labute approximate surface area is 162 Å². The minimum atomic E-state index is -0.291. The van der Waals surface area contributed by atoms with Crippen LogP contribution in [0.2, 0.25) is 5.02 Å². The molecule has 0 bridgehead atoms. The number of aromatic nitrogens is 3. The van der Waals surface area contributed by atoms with Crippen molar-refractivity contribution >= 4 is 23.4 Å². The summed E-state index contributed by atoms with van der Waals surface area (Å²) in [7, 11) is 1.57. The van der Waals surface area contributed by atoms with Gasteiger partial charge in [0.05, 0.1) is 18.8 Å². The maximum Gasteiger partial charge on any atom is 0.273 e. The normalized spacial score (nSPS) is 17.0. The van der Waals surface area contributed by atoms with Crippen molar-refractivity contribution in [1.29, 1.82) is 0 Å². The maximum absolute atomic E-state index is 12.7. The second kappa shape index (κ2) is 8.96. The number of likely N-dealkylation sites (tertiary alicyclic amines) is 1. The van der Waals surface area contributed by atoms with E-state index in [4.69, 9.17) is 16.3 Å². The number of carbonyl (C=O) groups is 2. The Hall–Kier alpha value is -2.45. The van der Waals surface area contributed by atoms with Gasteiger partial charge in [-0.05, 0) is 31.0 Å². The molecule has 1 aromatic heterocycles. The second-order valence-corrected chi connectivity index (χ2v) is 6.83. The highest BCUT2D eigenvalue weighted by atomic mass is 35.5. The molecule has 1 atom stereocenters. The molecule has 0 spiro atoms. The molecule has 1 fully saturated rings. The van der Waals surface area contributed by atoms with Gasteiger partial charge in [-0.3, -0.25) is 9.59 Å². The van der Waals surface area contributed by atoms with E-state index in [0.29, 0.717) is 36.8 Å². The molecule has 2 aromatic rings. The Morgan fingerprint density at radius 1 is 1.41 bits per heavy atom. The number of nitrogens with zero attached hydrogens (tertiary/aromatic N) is 4. The first-order valence-corrected chi connectivity index (χ1v) is 9.20. The molecular formula is C18H22ClN5O3. The average Bonchev–Trinajstić information content (AvgIpc) is 3.18. The number of halogens is 1. The van der Waals surface area contributed by atoms with Crippen LogP contribution in [0.4, 0.5) is 0 Å². The molecule has 1 aliphatic heterocycles. The first-order valence-electron chi connectivity index (χ1n) is 8.82. The molecule has 1 saturated heterocycles. The van der Waals surface area contributed by atoms with Crippen molar-refractivity contribution in [3.63, 3.8) is 0 Å². The predicted octanol–water partition coefficient (Wildman–Crippen LogP) is 1.78. The zero-order valence-corrected chi connectivity index (χ0v) is 15.9. The van der Waals surface area contributed by atoms with Crippen LogP contribution < -0.4 is 5.32 Å². The summed E-state index contributed by atoms with van der Waals surface area (Å²) in [6.07, 6.45) is 3.35. The third-order valence-electron chi connectivity index (χ3n) is 4.46. The summed E-state index contributed by atoms with van der Waals surface area (Å²) in [5.74, 6) is -0.346. The molecule has 0 saturated carbocycles. The van der Waals surface area contributed by atoms with E-state index >= 15 is 0 Å². The summed E-state index contributed by atoms with van der Waals surface area (Å²) >= 11 is 5.99. The third-order valence-corrected chi connectivity index (χ3v) is 4.70. The molecule has 144 valence electrons. The molecule has 2 heterocycles. The highest BCUT2D eigenvalue weighted by molar-refractivity contribution is 6.30. The Morgan fingerprint density at radius 3 is 3.04 bits per heavy atom. The monoisotopic (exact) mass is 391 g/mol. The molecule has 27 heavy (non-hydrogen) atoms. The Kier molecular flexibility index (Phi) is 6.41. The minimum absolute atomic E-state index is 0.0186. The molecule has 0 aliphatic carbocycles. The number of amides is 2. The van der Waals surface area contributed by atoms with Gasteiger partial charge in [0.25, 0.3) is 11.8 Å². The van der Waals surface area contributed by atoms with Gasteiger partial charge in [0.2, 0.25) is 0 Å². The quantitative estimate of drug-likeness (QED) is 0.758. The van der Waals surface area contributed by atoms with E-state index in [-0.39, 0.29) is 23.6 Å². The van der Waals surface area contributed by atoms with Crippen LogP contribution in [0.25, 0.3) is 0 Å². The van der Waals surface area contributed by atoms with Gasteiger partial charge in [-0.2, -0.15) is 0 Å². The van der Waals surface area contributed by atoms with Crippen molar-refractivity contribution in [1.82, 2.24) is 25.2 Å².